The molecule has 1 aliphatic rings. The van der Waals surface area contributed by atoms with Crippen LogP contribution in [0, 0.1) is 6.92 Å². The number of hydrogen-bond acceptors (Lipinski definition) is 8. The van der Waals surface area contributed by atoms with Gasteiger partial charge < -0.3 is 9.47 Å². The molecule has 0 spiro atoms. The highest BCUT2D eigenvalue weighted by molar-refractivity contribution is 7.16. The maximum absolute atomic E-state index is 13.2. The van der Waals surface area contributed by atoms with Crippen LogP contribution in [0.1, 0.15) is 36.4 Å². The summed E-state index contributed by atoms with van der Waals surface area (Å²) in [6, 6.07) is 3.85. The normalized spacial score (nSPS) is 13.1. The maximum atomic E-state index is 13.2. The summed E-state index contributed by atoms with van der Waals surface area (Å²) < 4.78 is 1.90. The van der Waals surface area contributed by atoms with Crippen molar-refractivity contribution in [3.8, 4) is 5.13 Å². The Morgan fingerprint density at radius 2 is 1.97 bits per heavy atom. The molecule has 5 heterocycles. The molecule has 0 radical (unpaired) electrons. The predicted octanol–water partition coefficient (Wildman–Crippen LogP) is 2.94. The van der Waals surface area contributed by atoms with E-state index in [0.717, 1.165) is 21.4 Å². The number of carbonyl (C=O) groups is 2. The van der Waals surface area contributed by atoms with Gasteiger partial charge in [0.05, 0.1) is 24.1 Å². The minimum absolute atomic E-state index is 0.0300. The summed E-state index contributed by atoms with van der Waals surface area (Å²) in [5.74, 6) is -0.387. The molecule has 156 valence electrons. The highest BCUT2D eigenvalue weighted by atomic mass is 32.1. The second-order valence-corrected chi connectivity index (χ2v) is 8.97. The van der Waals surface area contributed by atoms with Crippen LogP contribution in [0.4, 0.5) is 5.13 Å². The maximum Gasteiger partial charge on any atom is 0.277 e. The number of amides is 2. The molecule has 5 rings (SSSR count). The third kappa shape index (κ3) is 3.84. The van der Waals surface area contributed by atoms with Gasteiger partial charge in [-0.05, 0) is 19.1 Å². The Morgan fingerprint density at radius 1 is 1.13 bits per heavy atom. The highest BCUT2D eigenvalue weighted by Gasteiger charge is 2.28. The van der Waals surface area contributed by atoms with Gasteiger partial charge in [0.2, 0.25) is 0 Å². The zero-order chi connectivity index (χ0) is 21.4. The first kappa shape index (κ1) is 19.5. The van der Waals surface area contributed by atoms with E-state index >= 15 is 0 Å². The van der Waals surface area contributed by atoms with Crippen LogP contribution in [-0.2, 0) is 13.0 Å². The number of rotatable bonds is 4. The molecule has 9 nitrogen and oxygen atoms in total. The van der Waals surface area contributed by atoms with Crippen LogP contribution in [-0.4, -0.2) is 47.8 Å². The topological polar surface area (TPSA) is 106 Å². The van der Waals surface area contributed by atoms with Gasteiger partial charge in [-0.15, -0.1) is 0 Å². The molecular weight excluding hydrogens is 434 g/mol. The quantitative estimate of drug-likeness (QED) is 0.511. The first-order chi connectivity index (χ1) is 15.1. The number of thiazole rings is 2. The summed E-state index contributed by atoms with van der Waals surface area (Å²) >= 11 is 2.77. The van der Waals surface area contributed by atoms with E-state index in [-0.39, 0.29) is 17.5 Å². The van der Waals surface area contributed by atoms with Crippen molar-refractivity contribution in [3.05, 3.63) is 70.0 Å². The highest BCUT2D eigenvalue weighted by Crippen LogP contribution is 2.31. The second-order valence-electron chi connectivity index (χ2n) is 6.91. The molecule has 2 amide bonds. The van der Waals surface area contributed by atoms with Gasteiger partial charge in [0, 0.05) is 42.6 Å². The minimum atomic E-state index is -0.357. The van der Waals surface area contributed by atoms with Crippen molar-refractivity contribution in [2.45, 2.75) is 19.9 Å². The van der Waals surface area contributed by atoms with Crippen molar-refractivity contribution in [2.75, 3.05) is 11.9 Å². The molecule has 0 atom stereocenters. The third-order valence-electron chi connectivity index (χ3n) is 4.84. The molecule has 4 aromatic heterocycles. The van der Waals surface area contributed by atoms with E-state index in [0.29, 0.717) is 29.5 Å². The van der Waals surface area contributed by atoms with Crippen LogP contribution in [0.5, 0.6) is 0 Å². The zero-order valence-electron chi connectivity index (χ0n) is 16.5. The monoisotopic (exact) mass is 451 g/mol. The lowest BCUT2D eigenvalue weighted by atomic mass is 10.1. The van der Waals surface area contributed by atoms with Crippen molar-refractivity contribution >= 4 is 39.6 Å². The number of anilines is 1. The van der Waals surface area contributed by atoms with Crippen molar-refractivity contribution in [3.63, 3.8) is 0 Å². The summed E-state index contributed by atoms with van der Waals surface area (Å²) in [5, 5.41) is 4.04. The van der Waals surface area contributed by atoms with Crippen molar-refractivity contribution in [2.24, 2.45) is 0 Å². The Bertz CT molecular complexity index is 1250. The zero-order valence-corrected chi connectivity index (χ0v) is 18.1. The van der Waals surface area contributed by atoms with Crippen molar-refractivity contribution in [1.29, 1.82) is 0 Å². The standard InChI is InChI=1S/C20H17N7O2S2/c1-12-16(31-20(23-12)26-7-2-3-8-26)18(29)27-9-4-13-15(11-27)30-19(24-13)25-17(28)14-10-21-5-6-22-14/h2-3,5-8,10H,4,9,11H2,1H3,(H,24,25,28). The summed E-state index contributed by atoms with van der Waals surface area (Å²) in [7, 11) is 0. The number of nitrogens with zero attached hydrogens (tertiary/aromatic N) is 6. The fourth-order valence-corrected chi connectivity index (χ4v) is 5.32. The molecule has 11 heteroatoms. The van der Waals surface area contributed by atoms with Gasteiger partial charge in [0.25, 0.3) is 11.8 Å². The molecule has 1 N–H and O–H groups in total. The van der Waals surface area contributed by atoms with E-state index < -0.39 is 0 Å². The summed E-state index contributed by atoms with van der Waals surface area (Å²) in [6.07, 6.45) is 8.84. The molecule has 1 aliphatic heterocycles. The lowest BCUT2D eigenvalue weighted by Crippen LogP contribution is -2.35. The number of nitrogens with one attached hydrogen (secondary N) is 1. The second kappa shape index (κ2) is 8.00. The number of hydrogen-bond donors (Lipinski definition) is 1. The van der Waals surface area contributed by atoms with E-state index in [1.807, 2.05) is 40.9 Å². The third-order valence-corrected chi connectivity index (χ3v) is 7.00. The first-order valence-corrected chi connectivity index (χ1v) is 11.2. The first-order valence-electron chi connectivity index (χ1n) is 9.54. The van der Waals surface area contributed by atoms with E-state index in [2.05, 4.69) is 25.3 Å². The summed E-state index contributed by atoms with van der Waals surface area (Å²) in [6.45, 7) is 2.89. The molecule has 0 aromatic carbocycles. The molecule has 0 bridgehead atoms. The molecule has 0 saturated heterocycles. The summed E-state index contributed by atoms with van der Waals surface area (Å²) in [4.78, 5) is 45.9. The van der Waals surface area contributed by atoms with Crippen LogP contribution >= 0.6 is 22.7 Å². The lowest BCUT2D eigenvalue weighted by molar-refractivity contribution is 0.0740. The van der Waals surface area contributed by atoms with Gasteiger partial charge in [-0.2, -0.15) is 0 Å². The molecule has 0 aliphatic carbocycles. The average molecular weight is 452 g/mol. The van der Waals surface area contributed by atoms with Crippen LogP contribution in [0.15, 0.2) is 43.1 Å². The Kier molecular flexibility index (Phi) is 5.04. The van der Waals surface area contributed by atoms with Gasteiger partial charge in [-0.3, -0.25) is 19.9 Å². The number of fused-ring (bicyclic) bond motifs is 1. The molecule has 0 unspecified atom stereocenters. The molecule has 0 saturated carbocycles. The Balaban J connectivity index is 1.31. The Morgan fingerprint density at radius 3 is 2.74 bits per heavy atom. The number of aryl methyl sites for hydroxylation is 1. The number of aromatic nitrogens is 5. The van der Waals surface area contributed by atoms with Crippen LogP contribution in [0.25, 0.3) is 5.13 Å². The van der Waals surface area contributed by atoms with Crippen LogP contribution < -0.4 is 5.32 Å². The van der Waals surface area contributed by atoms with E-state index in [1.54, 1.807) is 0 Å². The van der Waals surface area contributed by atoms with Gasteiger partial charge >= 0.3 is 0 Å². The molecule has 0 fully saturated rings. The van der Waals surface area contributed by atoms with Gasteiger partial charge in [0.1, 0.15) is 10.6 Å². The van der Waals surface area contributed by atoms with Crippen molar-refractivity contribution in [1.82, 2.24) is 29.4 Å². The fourth-order valence-electron chi connectivity index (χ4n) is 3.30. The average Bonchev–Trinajstić information content (AvgIpc) is 3.52. The van der Waals surface area contributed by atoms with Crippen LogP contribution in [0.2, 0.25) is 0 Å². The smallest absolute Gasteiger partial charge is 0.277 e. The molecular formula is C20H17N7O2S2. The van der Waals surface area contributed by atoms with Crippen LogP contribution in [0.3, 0.4) is 0 Å². The SMILES string of the molecule is Cc1nc(-n2cccc2)sc1C(=O)N1CCc2nc(NC(=O)c3cnccn3)sc2C1. The lowest BCUT2D eigenvalue weighted by Gasteiger charge is -2.25. The van der Waals surface area contributed by atoms with E-state index in [1.165, 1.54) is 41.3 Å². The Hall–Kier alpha value is -3.44. The fraction of sp³-hybridized carbons (Fsp3) is 0.200. The van der Waals surface area contributed by atoms with Gasteiger partial charge in [-0.25, -0.2) is 15.0 Å². The number of carbonyl (C=O) groups excluding carboxylic acids is 2. The summed E-state index contributed by atoms with van der Waals surface area (Å²) in [5.41, 5.74) is 1.87. The molecule has 31 heavy (non-hydrogen) atoms. The van der Waals surface area contributed by atoms with Gasteiger partial charge in [-0.1, -0.05) is 22.7 Å². The van der Waals surface area contributed by atoms with Gasteiger partial charge in [0.15, 0.2) is 10.3 Å². The molecule has 4 aromatic rings. The Labute approximate surface area is 185 Å². The largest absolute Gasteiger partial charge is 0.332 e. The van der Waals surface area contributed by atoms with E-state index in [9.17, 15) is 9.59 Å². The minimum Gasteiger partial charge on any atom is -0.332 e. The predicted molar refractivity (Wildman–Crippen MR) is 117 cm³/mol. The van der Waals surface area contributed by atoms with Crippen molar-refractivity contribution < 1.29 is 9.59 Å². The van der Waals surface area contributed by atoms with E-state index in [4.69, 9.17) is 0 Å².